The molecule has 1 atom stereocenters. The highest BCUT2D eigenvalue weighted by atomic mass is 35.5. The Labute approximate surface area is 560 Å². The molecule has 6 aromatic rings. The first-order valence-corrected chi connectivity index (χ1v) is 36.4. The number of nitro benzene ring substituents is 1. The van der Waals surface area contributed by atoms with Gasteiger partial charge in [0, 0.05) is 129 Å². The van der Waals surface area contributed by atoms with Crippen LogP contribution in [0.1, 0.15) is 142 Å². The summed E-state index contributed by atoms with van der Waals surface area (Å²) in [5.41, 5.74) is 7.21. The summed E-state index contributed by atoms with van der Waals surface area (Å²) in [6.07, 6.45) is 18.2. The van der Waals surface area contributed by atoms with Gasteiger partial charge in [0.1, 0.15) is 28.9 Å². The number of piperazine rings is 2. The van der Waals surface area contributed by atoms with Crippen LogP contribution in [0.25, 0.3) is 16.6 Å². The van der Waals surface area contributed by atoms with Gasteiger partial charge >= 0.3 is 0 Å². The van der Waals surface area contributed by atoms with Crippen LogP contribution in [-0.2, 0) is 26.2 Å². The van der Waals surface area contributed by atoms with Crippen LogP contribution in [0.5, 0.6) is 11.5 Å². The highest BCUT2D eigenvalue weighted by Crippen LogP contribution is 2.44. The normalized spacial score (nSPS) is 20.8. The van der Waals surface area contributed by atoms with Crippen molar-refractivity contribution in [1.29, 1.82) is 0 Å². The lowest BCUT2D eigenvalue weighted by Gasteiger charge is -2.42. The number of halogens is 1. The fourth-order valence-electron chi connectivity index (χ4n) is 14.5. The number of carbonyl (C=O) groups excluding carboxylic acids is 4. The van der Waals surface area contributed by atoms with Gasteiger partial charge in [-0.05, 0) is 165 Å². The molecule has 1 saturated carbocycles. The summed E-state index contributed by atoms with van der Waals surface area (Å²) in [7, 11) is -4.61. The third kappa shape index (κ3) is 16.1. The smallest absolute Gasteiger partial charge is 0.293 e. The minimum atomic E-state index is -4.61. The first-order chi connectivity index (χ1) is 45.4. The zero-order valence-electron chi connectivity index (χ0n) is 53.8. The van der Waals surface area contributed by atoms with Crippen molar-refractivity contribution < 1.29 is 37.3 Å². The van der Waals surface area contributed by atoms with Crippen molar-refractivity contribution in [3.8, 4) is 11.5 Å². The van der Waals surface area contributed by atoms with Gasteiger partial charge in [-0.2, -0.15) is 0 Å². The van der Waals surface area contributed by atoms with E-state index in [1.54, 1.807) is 47.1 Å². The third-order valence-corrected chi connectivity index (χ3v) is 22.8. The maximum absolute atomic E-state index is 14.2. The van der Waals surface area contributed by atoms with E-state index in [0.717, 1.165) is 142 Å². The number of anilines is 2. The highest BCUT2D eigenvalue weighted by Gasteiger charge is 2.40. The second-order valence-electron chi connectivity index (χ2n) is 27.0. The molecule has 0 radical (unpaired) electrons. The molecule has 23 heteroatoms. The highest BCUT2D eigenvalue weighted by molar-refractivity contribution is 7.99. The standard InChI is InChI=1S/C71H86ClN11O9S2/c1-71(2)28-26-51(59(43-71)49-14-16-52(72)17-15-49)46-79-33-37-81(38-34-79)54-20-22-58(64(41-54)92-55-40-50-27-29-73-67(50)75-45-55)68(85)77-94(90,91)56-21-23-61(63(42-56)83(88)89)74-44-48-12-18-53(19-13-48)80-35-31-78(32-36-80)30-7-5-3-4-6-8-39-93-65-11-9-10-57-60(65)47-82(70(57)87)62-24-25-66(84)76-69(62)86/h9-11,14-17,20-23,27,29,40-42,45,48,53,62,74H,3-8,12-13,18-19,24-26,28,30-39,43-44,46-47H2,1-2H3,(H,73,75)(H,77,85)(H,76,84,86)/t48-,53-,62?. The number of pyridine rings is 1. The SMILES string of the molecule is CC1(C)CCC(CN2CCN(c3ccc(C(=O)NS(=O)(=O)c4ccc(NC[C@H]5CC[C@H](N6CCN(CCCCCCCCSc7cccc8c7CN(C7CCC(=O)NC7=O)C8=O)CC6)CC5)c([N+](=O)[O-])c4)c(Oc4cnc5[nH]ccc5c4)c3)CC2)=C(c2ccc(Cl)cc2)C1. The largest absolute Gasteiger partial charge is 0.455 e. The molecule has 6 aliphatic rings. The predicted molar refractivity (Wildman–Crippen MR) is 368 cm³/mol. The summed E-state index contributed by atoms with van der Waals surface area (Å²) >= 11 is 8.07. The van der Waals surface area contributed by atoms with Gasteiger partial charge in [0.25, 0.3) is 27.5 Å². The summed E-state index contributed by atoms with van der Waals surface area (Å²) in [6.45, 7) is 14.9. The number of carbonyl (C=O) groups is 4. The Hall–Kier alpha value is -7.34. The van der Waals surface area contributed by atoms with E-state index >= 15 is 0 Å². The van der Waals surface area contributed by atoms with Crippen LogP contribution < -0.4 is 25.0 Å². The monoisotopic (exact) mass is 1340 g/mol. The number of piperidine rings is 1. The molecule has 94 heavy (non-hydrogen) atoms. The number of allylic oxidation sites excluding steroid dienone is 1. The second kappa shape index (κ2) is 29.7. The topological polar surface area (TPSA) is 236 Å². The van der Waals surface area contributed by atoms with Crippen molar-refractivity contribution in [3.05, 3.63) is 146 Å². The molecule has 4 fully saturated rings. The fourth-order valence-corrected chi connectivity index (χ4v) is 16.7. The number of H-pyrrole nitrogens is 1. The van der Waals surface area contributed by atoms with Crippen LogP contribution >= 0.6 is 23.4 Å². The molecule has 0 bridgehead atoms. The van der Waals surface area contributed by atoms with Gasteiger partial charge in [0.15, 0.2) is 0 Å². The molecule has 6 heterocycles. The quantitative estimate of drug-likeness (QED) is 0.0137. The maximum Gasteiger partial charge on any atom is 0.293 e. The second-order valence-corrected chi connectivity index (χ2v) is 30.3. The Morgan fingerprint density at radius 3 is 2.36 bits per heavy atom. The number of aromatic amines is 1. The van der Waals surface area contributed by atoms with Gasteiger partial charge in [-0.25, -0.2) is 18.1 Å². The van der Waals surface area contributed by atoms with Crippen LogP contribution in [0.15, 0.2) is 119 Å². The van der Waals surface area contributed by atoms with E-state index in [1.165, 1.54) is 67.1 Å². The summed E-state index contributed by atoms with van der Waals surface area (Å²) < 4.78 is 36.7. The minimum Gasteiger partial charge on any atom is -0.455 e. The number of sulfonamides is 1. The van der Waals surface area contributed by atoms with E-state index in [0.29, 0.717) is 61.5 Å². The van der Waals surface area contributed by atoms with E-state index < -0.39 is 37.5 Å². The Kier molecular flexibility index (Phi) is 21.1. The summed E-state index contributed by atoms with van der Waals surface area (Å²) in [6, 6.07) is 26.4. The molecular weight excluding hydrogens is 1250 g/mol. The van der Waals surface area contributed by atoms with Gasteiger partial charge in [-0.1, -0.05) is 74.9 Å². The van der Waals surface area contributed by atoms with E-state index in [1.807, 2.05) is 30.3 Å². The van der Waals surface area contributed by atoms with E-state index in [2.05, 4.69) is 77.0 Å². The first kappa shape index (κ1) is 66.7. The predicted octanol–water partition coefficient (Wildman–Crippen LogP) is 12.3. The molecule has 4 N–H and O–H groups in total. The number of nitro groups is 1. The molecule has 4 amide bonds. The molecule has 4 aromatic carbocycles. The van der Waals surface area contributed by atoms with Crippen LogP contribution in [0.3, 0.4) is 0 Å². The maximum atomic E-state index is 14.2. The fraction of sp³-hybridized carbons (Fsp3) is 0.479. The molecule has 12 rings (SSSR count). The van der Waals surface area contributed by atoms with Gasteiger partial charge < -0.3 is 29.7 Å². The van der Waals surface area contributed by atoms with Crippen molar-refractivity contribution in [3.63, 3.8) is 0 Å². The van der Waals surface area contributed by atoms with Crippen molar-refractivity contribution in [1.82, 2.24) is 39.6 Å². The molecule has 498 valence electrons. The first-order valence-electron chi connectivity index (χ1n) is 33.5. The number of unbranched alkanes of at least 4 members (excludes halogenated alkanes) is 5. The number of fused-ring (bicyclic) bond motifs is 2. The van der Waals surface area contributed by atoms with Crippen molar-refractivity contribution >= 4 is 90.7 Å². The van der Waals surface area contributed by atoms with Gasteiger partial charge in [-0.3, -0.25) is 44.4 Å². The lowest BCUT2D eigenvalue weighted by atomic mass is 9.72. The minimum absolute atomic E-state index is 0.0377. The van der Waals surface area contributed by atoms with Crippen molar-refractivity contribution in [2.24, 2.45) is 11.3 Å². The average molecular weight is 1340 g/mol. The van der Waals surface area contributed by atoms with Gasteiger partial charge in [0.05, 0.1) is 21.6 Å². The van der Waals surface area contributed by atoms with Crippen LogP contribution in [-0.4, -0.2) is 156 Å². The van der Waals surface area contributed by atoms with Crippen molar-refractivity contribution in [2.75, 3.05) is 88.0 Å². The zero-order chi connectivity index (χ0) is 65.5. The average Bonchev–Trinajstić information content (AvgIpc) is 1.70. The number of aromatic nitrogens is 2. The Balaban J connectivity index is 0.577. The number of thioether (sulfide) groups is 1. The van der Waals surface area contributed by atoms with Crippen molar-refractivity contribution in [2.45, 2.75) is 139 Å². The number of rotatable bonds is 25. The molecule has 2 aliphatic carbocycles. The molecule has 20 nitrogen and oxygen atoms in total. The molecule has 3 saturated heterocycles. The van der Waals surface area contributed by atoms with Gasteiger partial charge in [-0.15, -0.1) is 11.8 Å². The summed E-state index contributed by atoms with van der Waals surface area (Å²) in [5.74, 6) is -0.000586. The third-order valence-electron chi connectivity index (χ3n) is 20.0. The van der Waals surface area contributed by atoms with E-state index in [9.17, 15) is 37.7 Å². The number of hydrogen-bond acceptors (Lipinski definition) is 16. The molecule has 0 spiro atoms. The lowest BCUT2D eigenvalue weighted by molar-refractivity contribution is -0.384. The van der Waals surface area contributed by atoms with Crippen LogP contribution in [0, 0.1) is 21.4 Å². The Morgan fingerprint density at radius 1 is 0.840 bits per heavy atom. The number of ether oxygens (including phenoxy) is 1. The number of nitrogens with one attached hydrogen (secondary N) is 4. The summed E-state index contributed by atoms with van der Waals surface area (Å²) in [4.78, 5) is 83.4. The Bertz CT molecular complexity index is 3910. The van der Waals surface area contributed by atoms with Crippen LogP contribution in [0.4, 0.5) is 17.1 Å². The van der Waals surface area contributed by atoms with Crippen LogP contribution in [0.2, 0.25) is 5.02 Å². The number of imide groups is 1. The summed E-state index contributed by atoms with van der Waals surface area (Å²) in [5, 5.41) is 19.7. The number of nitrogens with zero attached hydrogens (tertiary/aromatic N) is 7. The Morgan fingerprint density at radius 2 is 1.60 bits per heavy atom. The molecule has 2 aromatic heterocycles. The number of amides is 4. The number of hydrogen-bond donors (Lipinski definition) is 4. The molecular formula is C71H86ClN11O9S2. The van der Waals surface area contributed by atoms with E-state index in [4.69, 9.17) is 16.3 Å². The van der Waals surface area contributed by atoms with Gasteiger partial charge in [0.2, 0.25) is 11.8 Å². The van der Waals surface area contributed by atoms with E-state index in [-0.39, 0.29) is 46.6 Å². The molecule has 1 unspecified atom stereocenters. The zero-order valence-corrected chi connectivity index (χ0v) is 56.2. The molecule has 4 aliphatic heterocycles. The number of benzene rings is 4. The lowest BCUT2D eigenvalue weighted by Crippen LogP contribution is -2.52.